The summed E-state index contributed by atoms with van der Waals surface area (Å²) >= 11 is 0. The maximum Gasteiger partial charge on any atom is 0.0514 e. The van der Waals surface area contributed by atoms with Gasteiger partial charge in [0.2, 0.25) is 0 Å². The fraction of sp³-hybridized carbons (Fsp3) is 0.600. The maximum absolute atomic E-state index is 5.55. The fourth-order valence-corrected chi connectivity index (χ4v) is 3.09. The third kappa shape index (κ3) is 2.25. The van der Waals surface area contributed by atoms with E-state index in [1.807, 2.05) is 0 Å². The van der Waals surface area contributed by atoms with E-state index in [-0.39, 0.29) is 0 Å². The highest BCUT2D eigenvalue weighted by atomic mass is 16.5. The Hall–Kier alpha value is -1.06. The van der Waals surface area contributed by atoms with Crippen LogP contribution in [0.25, 0.3) is 0 Å². The predicted octanol–water partition coefficient (Wildman–Crippen LogP) is 2.02. The molecule has 3 rings (SSSR count). The first-order chi connectivity index (χ1) is 8.86. The molecule has 1 N–H and O–H groups in total. The van der Waals surface area contributed by atoms with Gasteiger partial charge in [0.15, 0.2) is 0 Å². The third-order valence-electron chi connectivity index (χ3n) is 4.28. The first kappa shape index (κ1) is 12.0. The standard InChI is InChI=1S/C15H22N2O/c1-12(14-6-9-18-11-14)17-8-7-16-10-13-4-2-3-5-15(13)17/h2-5,12,14,16H,6-11H2,1H3. The Kier molecular flexibility index (Phi) is 3.52. The Morgan fingerprint density at radius 1 is 1.39 bits per heavy atom. The predicted molar refractivity (Wildman–Crippen MR) is 73.9 cm³/mol. The van der Waals surface area contributed by atoms with Crippen LogP contribution >= 0.6 is 0 Å². The molecule has 2 heterocycles. The molecule has 2 atom stereocenters. The van der Waals surface area contributed by atoms with Crippen LogP contribution in [0.4, 0.5) is 5.69 Å². The van der Waals surface area contributed by atoms with Crippen LogP contribution in [0.1, 0.15) is 18.9 Å². The van der Waals surface area contributed by atoms with Crippen LogP contribution in [0.3, 0.4) is 0 Å². The van der Waals surface area contributed by atoms with Crippen LogP contribution < -0.4 is 10.2 Å². The summed E-state index contributed by atoms with van der Waals surface area (Å²) in [6, 6.07) is 9.34. The number of nitrogens with zero attached hydrogens (tertiary/aromatic N) is 1. The van der Waals surface area contributed by atoms with Crippen LogP contribution in [0.2, 0.25) is 0 Å². The molecule has 3 nitrogen and oxygen atoms in total. The quantitative estimate of drug-likeness (QED) is 0.864. The second-order valence-electron chi connectivity index (χ2n) is 5.36. The molecule has 1 saturated heterocycles. The van der Waals surface area contributed by atoms with E-state index in [2.05, 4.69) is 41.4 Å². The summed E-state index contributed by atoms with van der Waals surface area (Å²) in [4.78, 5) is 2.56. The Morgan fingerprint density at radius 3 is 3.11 bits per heavy atom. The molecule has 0 saturated carbocycles. The molecule has 98 valence electrons. The summed E-state index contributed by atoms with van der Waals surface area (Å²) < 4.78 is 5.55. The smallest absolute Gasteiger partial charge is 0.0514 e. The zero-order valence-corrected chi connectivity index (χ0v) is 11.1. The van der Waals surface area contributed by atoms with E-state index < -0.39 is 0 Å². The summed E-state index contributed by atoms with van der Waals surface area (Å²) in [7, 11) is 0. The molecule has 1 aromatic rings. The molecule has 3 heteroatoms. The van der Waals surface area contributed by atoms with Gasteiger partial charge < -0.3 is 15.0 Å². The van der Waals surface area contributed by atoms with Crippen molar-refractivity contribution in [3.63, 3.8) is 0 Å². The number of para-hydroxylation sites is 1. The molecule has 2 unspecified atom stereocenters. The fourth-order valence-electron chi connectivity index (χ4n) is 3.09. The topological polar surface area (TPSA) is 24.5 Å². The highest BCUT2D eigenvalue weighted by Gasteiger charge is 2.28. The van der Waals surface area contributed by atoms with Gasteiger partial charge in [-0.05, 0) is 25.0 Å². The molecular weight excluding hydrogens is 224 g/mol. The van der Waals surface area contributed by atoms with Crippen molar-refractivity contribution < 1.29 is 4.74 Å². The summed E-state index contributed by atoms with van der Waals surface area (Å²) in [6.07, 6.45) is 1.20. The van der Waals surface area contributed by atoms with E-state index in [0.717, 1.165) is 32.8 Å². The number of rotatable bonds is 2. The zero-order valence-electron chi connectivity index (χ0n) is 11.1. The van der Waals surface area contributed by atoms with Gasteiger partial charge in [-0.25, -0.2) is 0 Å². The van der Waals surface area contributed by atoms with Crippen LogP contribution in [-0.2, 0) is 11.3 Å². The normalized spacial score (nSPS) is 25.6. The summed E-state index contributed by atoms with van der Waals surface area (Å²) in [5, 5.41) is 3.51. The van der Waals surface area contributed by atoms with Gasteiger partial charge >= 0.3 is 0 Å². The molecule has 0 radical (unpaired) electrons. The molecule has 1 fully saturated rings. The number of ether oxygens (including phenoxy) is 1. The largest absolute Gasteiger partial charge is 0.381 e. The number of fused-ring (bicyclic) bond motifs is 1. The molecule has 0 aliphatic carbocycles. The van der Waals surface area contributed by atoms with Crippen molar-refractivity contribution in [3.8, 4) is 0 Å². The molecule has 2 aliphatic heterocycles. The minimum absolute atomic E-state index is 0.563. The van der Waals surface area contributed by atoms with Crippen molar-refractivity contribution in [3.05, 3.63) is 29.8 Å². The van der Waals surface area contributed by atoms with Gasteiger partial charge in [0.25, 0.3) is 0 Å². The zero-order chi connectivity index (χ0) is 12.4. The van der Waals surface area contributed by atoms with E-state index in [9.17, 15) is 0 Å². The van der Waals surface area contributed by atoms with Crippen molar-refractivity contribution in [1.82, 2.24) is 5.32 Å². The minimum Gasteiger partial charge on any atom is -0.381 e. The average Bonchev–Trinajstić information content (AvgIpc) is 2.85. The van der Waals surface area contributed by atoms with E-state index in [4.69, 9.17) is 4.74 Å². The van der Waals surface area contributed by atoms with Crippen molar-refractivity contribution in [2.75, 3.05) is 31.2 Å². The lowest BCUT2D eigenvalue weighted by Gasteiger charge is -2.34. The van der Waals surface area contributed by atoms with Gasteiger partial charge in [-0.3, -0.25) is 0 Å². The summed E-state index contributed by atoms with van der Waals surface area (Å²) in [5.41, 5.74) is 2.82. The lowest BCUT2D eigenvalue weighted by Crippen LogP contribution is -2.41. The van der Waals surface area contributed by atoms with Crippen molar-refractivity contribution in [1.29, 1.82) is 0 Å². The molecule has 18 heavy (non-hydrogen) atoms. The SMILES string of the molecule is CC(C1CCOC1)N1CCNCc2ccccc21. The number of hydrogen-bond acceptors (Lipinski definition) is 3. The Morgan fingerprint density at radius 2 is 2.28 bits per heavy atom. The second-order valence-corrected chi connectivity index (χ2v) is 5.36. The van der Waals surface area contributed by atoms with E-state index >= 15 is 0 Å². The molecule has 0 amide bonds. The van der Waals surface area contributed by atoms with Crippen LogP contribution in [0.5, 0.6) is 0 Å². The summed E-state index contributed by atoms with van der Waals surface area (Å²) in [5.74, 6) is 0.677. The highest BCUT2D eigenvalue weighted by molar-refractivity contribution is 5.55. The monoisotopic (exact) mass is 246 g/mol. The number of anilines is 1. The third-order valence-corrected chi connectivity index (χ3v) is 4.28. The van der Waals surface area contributed by atoms with Gasteiger partial charge in [-0.1, -0.05) is 18.2 Å². The van der Waals surface area contributed by atoms with Gasteiger partial charge in [0.05, 0.1) is 6.61 Å². The van der Waals surface area contributed by atoms with Crippen molar-refractivity contribution in [2.24, 2.45) is 5.92 Å². The Labute approximate surface area is 109 Å². The van der Waals surface area contributed by atoms with E-state index in [1.54, 1.807) is 0 Å². The van der Waals surface area contributed by atoms with Crippen molar-refractivity contribution in [2.45, 2.75) is 25.9 Å². The molecule has 0 bridgehead atoms. The maximum atomic E-state index is 5.55. The average molecular weight is 246 g/mol. The van der Waals surface area contributed by atoms with Crippen molar-refractivity contribution >= 4 is 5.69 Å². The Balaban J connectivity index is 1.86. The first-order valence-electron chi connectivity index (χ1n) is 6.99. The molecular formula is C15H22N2O. The van der Waals surface area contributed by atoms with E-state index in [0.29, 0.717) is 12.0 Å². The number of hydrogen-bond donors (Lipinski definition) is 1. The molecule has 0 aromatic heterocycles. The van der Waals surface area contributed by atoms with Gasteiger partial charge in [0, 0.05) is 43.9 Å². The minimum atomic E-state index is 0.563. The van der Waals surface area contributed by atoms with Crippen LogP contribution in [0.15, 0.2) is 24.3 Å². The van der Waals surface area contributed by atoms with Gasteiger partial charge in [0.1, 0.15) is 0 Å². The molecule has 1 aromatic carbocycles. The highest BCUT2D eigenvalue weighted by Crippen LogP contribution is 2.29. The van der Waals surface area contributed by atoms with Gasteiger partial charge in [-0.2, -0.15) is 0 Å². The van der Waals surface area contributed by atoms with E-state index in [1.165, 1.54) is 17.7 Å². The lowest BCUT2D eigenvalue weighted by atomic mass is 9.98. The molecule has 0 spiro atoms. The Bertz CT molecular complexity index is 401. The second kappa shape index (κ2) is 5.29. The van der Waals surface area contributed by atoms with Crippen LogP contribution in [-0.4, -0.2) is 32.3 Å². The number of benzene rings is 1. The van der Waals surface area contributed by atoms with Gasteiger partial charge in [-0.15, -0.1) is 0 Å². The first-order valence-corrected chi connectivity index (χ1v) is 6.99. The molecule has 2 aliphatic rings. The lowest BCUT2D eigenvalue weighted by molar-refractivity contribution is 0.181. The van der Waals surface area contributed by atoms with Crippen LogP contribution in [0, 0.1) is 5.92 Å². The summed E-state index contributed by atoms with van der Waals surface area (Å²) in [6.45, 7) is 7.35. The number of nitrogens with one attached hydrogen (secondary N) is 1.